The van der Waals surface area contributed by atoms with Gasteiger partial charge in [0.2, 0.25) is 0 Å². The van der Waals surface area contributed by atoms with Crippen molar-refractivity contribution in [3.8, 4) is 5.75 Å². The van der Waals surface area contributed by atoms with Gasteiger partial charge in [-0.3, -0.25) is 9.69 Å². The van der Waals surface area contributed by atoms with Crippen LogP contribution in [0.15, 0.2) is 42.5 Å². The summed E-state index contributed by atoms with van der Waals surface area (Å²) < 4.78 is 32.5. The number of halogens is 2. The topological polar surface area (TPSA) is 58.6 Å². The predicted molar refractivity (Wildman–Crippen MR) is 90.4 cm³/mol. The molecule has 136 valence electrons. The number of amides is 3. The van der Waals surface area contributed by atoms with Crippen molar-refractivity contribution >= 4 is 11.9 Å². The van der Waals surface area contributed by atoms with Gasteiger partial charge in [-0.2, -0.15) is 0 Å². The Bertz CT molecular complexity index is 854. The second-order valence-electron chi connectivity index (χ2n) is 6.02. The van der Waals surface area contributed by atoms with Crippen molar-refractivity contribution in [1.29, 1.82) is 0 Å². The van der Waals surface area contributed by atoms with Crippen molar-refractivity contribution in [2.24, 2.45) is 0 Å². The first-order chi connectivity index (χ1) is 12.4. The summed E-state index contributed by atoms with van der Waals surface area (Å²) in [4.78, 5) is 26.3. The molecule has 1 fully saturated rings. The summed E-state index contributed by atoms with van der Waals surface area (Å²) in [5, 5.41) is 2.71. The smallest absolute Gasteiger partial charge is 0.325 e. The van der Waals surface area contributed by atoms with E-state index in [9.17, 15) is 18.4 Å². The van der Waals surface area contributed by atoms with E-state index in [1.165, 1.54) is 19.2 Å². The third-order valence-electron chi connectivity index (χ3n) is 4.65. The fraction of sp³-hybridized carbons (Fsp3) is 0.263. The van der Waals surface area contributed by atoms with Crippen LogP contribution < -0.4 is 10.1 Å². The number of nitrogens with one attached hydrogen (secondary N) is 1. The Kier molecular flexibility index (Phi) is 4.63. The summed E-state index contributed by atoms with van der Waals surface area (Å²) in [6, 6.07) is 9.82. The second kappa shape index (κ2) is 6.74. The van der Waals surface area contributed by atoms with E-state index in [2.05, 4.69) is 5.32 Å². The van der Waals surface area contributed by atoms with Crippen LogP contribution in [0.1, 0.15) is 24.5 Å². The fourth-order valence-corrected chi connectivity index (χ4v) is 3.13. The molecular weight excluding hydrogens is 342 g/mol. The molecule has 1 atom stereocenters. The Morgan fingerprint density at radius 2 is 1.81 bits per heavy atom. The van der Waals surface area contributed by atoms with Crippen LogP contribution in [0.4, 0.5) is 13.6 Å². The lowest BCUT2D eigenvalue weighted by atomic mass is 9.87. The van der Waals surface area contributed by atoms with Crippen LogP contribution in [0.5, 0.6) is 5.75 Å². The van der Waals surface area contributed by atoms with Crippen LogP contribution in [-0.2, 0) is 16.9 Å². The summed E-state index contributed by atoms with van der Waals surface area (Å²) in [5.41, 5.74) is -0.704. The number of methoxy groups -OCH3 is 1. The average molecular weight is 360 g/mol. The van der Waals surface area contributed by atoms with E-state index in [1.54, 1.807) is 31.2 Å². The van der Waals surface area contributed by atoms with E-state index >= 15 is 0 Å². The van der Waals surface area contributed by atoms with Crippen LogP contribution in [0.3, 0.4) is 0 Å². The molecule has 0 radical (unpaired) electrons. The molecule has 2 aromatic rings. The molecule has 0 aromatic heterocycles. The third kappa shape index (κ3) is 2.79. The quantitative estimate of drug-likeness (QED) is 0.832. The molecule has 1 saturated heterocycles. The van der Waals surface area contributed by atoms with Crippen LogP contribution >= 0.6 is 0 Å². The number of nitrogens with zero attached hydrogens (tertiary/aromatic N) is 1. The first kappa shape index (κ1) is 17.8. The minimum absolute atomic E-state index is 0.0601. The maximum Gasteiger partial charge on any atom is 0.325 e. The minimum Gasteiger partial charge on any atom is -0.497 e. The van der Waals surface area contributed by atoms with Gasteiger partial charge in [-0.05, 0) is 30.2 Å². The van der Waals surface area contributed by atoms with E-state index in [0.717, 1.165) is 11.0 Å². The largest absolute Gasteiger partial charge is 0.497 e. The van der Waals surface area contributed by atoms with Gasteiger partial charge in [0.15, 0.2) is 11.6 Å². The summed E-state index contributed by atoms with van der Waals surface area (Å²) >= 11 is 0. The molecule has 1 N–H and O–H groups in total. The molecule has 0 bridgehead atoms. The van der Waals surface area contributed by atoms with Crippen molar-refractivity contribution in [3.05, 3.63) is 65.2 Å². The summed E-state index contributed by atoms with van der Waals surface area (Å²) in [5.74, 6) is -1.97. The van der Waals surface area contributed by atoms with Gasteiger partial charge in [-0.1, -0.05) is 31.2 Å². The summed E-state index contributed by atoms with van der Waals surface area (Å²) in [6.07, 6.45) is 0.312. The number of hydrogen-bond acceptors (Lipinski definition) is 3. The summed E-state index contributed by atoms with van der Waals surface area (Å²) in [7, 11) is 1.53. The highest BCUT2D eigenvalue weighted by Gasteiger charge is 2.51. The van der Waals surface area contributed by atoms with E-state index < -0.39 is 29.1 Å². The van der Waals surface area contributed by atoms with Gasteiger partial charge in [-0.15, -0.1) is 0 Å². The third-order valence-corrected chi connectivity index (χ3v) is 4.65. The first-order valence-corrected chi connectivity index (χ1v) is 8.14. The van der Waals surface area contributed by atoms with Gasteiger partial charge in [0, 0.05) is 5.56 Å². The average Bonchev–Trinajstić information content (AvgIpc) is 2.90. The molecule has 0 unspecified atom stereocenters. The molecular formula is C19H18F2N2O3. The van der Waals surface area contributed by atoms with Gasteiger partial charge in [-0.25, -0.2) is 13.6 Å². The van der Waals surface area contributed by atoms with Crippen molar-refractivity contribution in [2.45, 2.75) is 25.4 Å². The van der Waals surface area contributed by atoms with Gasteiger partial charge in [0.25, 0.3) is 5.91 Å². The second-order valence-corrected chi connectivity index (χ2v) is 6.02. The lowest BCUT2D eigenvalue weighted by molar-refractivity contribution is -0.132. The van der Waals surface area contributed by atoms with Gasteiger partial charge >= 0.3 is 6.03 Å². The van der Waals surface area contributed by atoms with Crippen LogP contribution in [0.2, 0.25) is 0 Å². The van der Waals surface area contributed by atoms with Crippen molar-refractivity contribution in [2.75, 3.05) is 7.11 Å². The Morgan fingerprint density at radius 3 is 2.42 bits per heavy atom. The number of benzene rings is 2. The highest BCUT2D eigenvalue weighted by Crippen LogP contribution is 2.34. The van der Waals surface area contributed by atoms with Crippen molar-refractivity contribution in [1.82, 2.24) is 10.2 Å². The number of imide groups is 1. The molecule has 1 aliphatic rings. The standard InChI is InChI=1S/C19H18F2N2O3/c1-3-19(13-7-9-14(26-2)10-8-13)17(24)23(18(25)22-19)11-12-5-4-6-15(20)16(12)21/h4-10H,3,11H2,1-2H3,(H,22,25)/t19-/m0/s1. The van der Waals surface area contributed by atoms with Gasteiger partial charge in [0.1, 0.15) is 11.3 Å². The minimum atomic E-state index is -1.24. The van der Waals surface area contributed by atoms with Gasteiger partial charge < -0.3 is 10.1 Å². The van der Waals surface area contributed by atoms with E-state index in [4.69, 9.17) is 4.74 Å². The molecule has 7 heteroatoms. The lowest BCUT2D eigenvalue weighted by Crippen LogP contribution is -2.43. The number of rotatable bonds is 5. The zero-order valence-corrected chi connectivity index (χ0v) is 14.4. The Labute approximate surface area is 149 Å². The zero-order chi connectivity index (χ0) is 18.9. The molecule has 0 saturated carbocycles. The number of urea groups is 1. The van der Waals surface area contributed by atoms with Crippen LogP contribution in [-0.4, -0.2) is 23.9 Å². The van der Waals surface area contributed by atoms with E-state index in [1.807, 2.05) is 0 Å². The van der Waals surface area contributed by atoms with Crippen molar-refractivity contribution in [3.63, 3.8) is 0 Å². The molecule has 0 aliphatic carbocycles. The fourth-order valence-electron chi connectivity index (χ4n) is 3.13. The molecule has 3 amide bonds. The van der Waals surface area contributed by atoms with Crippen LogP contribution in [0.25, 0.3) is 0 Å². The summed E-state index contributed by atoms with van der Waals surface area (Å²) in [6.45, 7) is 1.43. The highest BCUT2D eigenvalue weighted by molar-refractivity contribution is 6.07. The maximum absolute atomic E-state index is 13.9. The number of carbonyl (C=O) groups is 2. The van der Waals surface area contributed by atoms with E-state index in [0.29, 0.717) is 17.7 Å². The monoisotopic (exact) mass is 360 g/mol. The Balaban J connectivity index is 1.94. The number of carbonyl (C=O) groups excluding carboxylic acids is 2. The van der Waals surface area contributed by atoms with E-state index in [-0.39, 0.29) is 12.1 Å². The predicted octanol–water partition coefficient (Wildman–Crippen LogP) is 3.33. The number of hydrogen-bond donors (Lipinski definition) is 1. The van der Waals surface area contributed by atoms with Crippen LogP contribution in [0, 0.1) is 11.6 Å². The number of ether oxygens (including phenoxy) is 1. The molecule has 2 aromatic carbocycles. The van der Waals surface area contributed by atoms with Crippen molar-refractivity contribution < 1.29 is 23.1 Å². The SMILES string of the molecule is CC[C@@]1(c2ccc(OC)cc2)NC(=O)N(Cc2cccc(F)c2F)C1=O. The first-order valence-electron chi connectivity index (χ1n) is 8.14. The Hall–Kier alpha value is -2.96. The molecule has 1 aliphatic heterocycles. The molecule has 26 heavy (non-hydrogen) atoms. The Morgan fingerprint density at radius 1 is 1.12 bits per heavy atom. The zero-order valence-electron chi connectivity index (χ0n) is 14.4. The maximum atomic E-state index is 13.9. The van der Waals surface area contributed by atoms with Gasteiger partial charge in [0.05, 0.1) is 13.7 Å². The molecule has 3 rings (SSSR count). The normalized spacial score (nSPS) is 19.6. The highest BCUT2D eigenvalue weighted by atomic mass is 19.2. The lowest BCUT2D eigenvalue weighted by Gasteiger charge is -2.26. The molecule has 1 heterocycles. The molecule has 5 nitrogen and oxygen atoms in total. The molecule has 0 spiro atoms.